The summed E-state index contributed by atoms with van der Waals surface area (Å²) in [4.78, 5) is 2.57. The van der Waals surface area contributed by atoms with Crippen molar-refractivity contribution in [1.82, 2.24) is 10.2 Å². The molecular weight excluding hydrogens is 198 g/mol. The van der Waals surface area contributed by atoms with Crippen molar-refractivity contribution in [2.45, 2.75) is 34.1 Å². The lowest BCUT2D eigenvalue weighted by molar-refractivity contribution is 0.116. The normalized spacial score (nSPS) is 20.1. The largest absolute Gasteiger partial charge is 0.330 e. The number of nitrogens with one attached hydrogen (secondary N) is 1. The fraction of sp³-hybridized carbons (Fsp3) is 1.00. The quantitative estimate of drug-likeness (QED) is 0.744. The summed E-state index contributed by atoms with van der Waals surface area (Å²) in [5, 5.41) is 3.40. The van der Waals surface area contributed by atoms with Crippen LogP contribution in [-0.2, 0) is 0 Å². The van der Waals surface area contributed by atoms with Crippen LogP contribution in [0.1, 0.15) is 34.1 Å². The summed E-state index contributed by atoms with van der Waals surface area (Å²) < 4.78 is 0. The highest BCUT2D eigenvalue weighted by Crippen LogP contribution is 2.33. The number of hydrogen-bond donors (Lipinski definition) is 2. The fourth-order valence-corrected chi connectivity index (χ4v) is 2.90. The molecule has 0 amide bonds. The third-order valence-corrected chi connectivity index (χ3v) is 3.37. The second kappa shape index (κ2) is 5.48. The first kappa shape index (κ1) is 13.9. The van der Waals surface area contributed by atoms with Crippen LogP contribution >= 0.6 is 0 Å². The summed E-state index contributed by atoms with van der Waals surface area (Å²) >= 11 is 0. The predicted octanol–water partition coefficient (Wildman–Crippen LogP) is 1.29. The molecule has 1 aliphatic rings. The van der Waals surface area contributed by atoms with Crippen molar-refractivity contribution in [3.63, 3.8) is 0 Å². The highest BCUT2D eigenvalue weighted by atomic mass is 15.2. The van der Waals surface area contributed by atoms with Crippen molar-refractivity contribution in [2.24, 2.45) is 16.6 Å². The molecule has 0 atom stereocenters. The number of nitrogens with zero attached hydrogens (tertiary/aromatic N) is 1. The molecule has 1 fully saturated rings. The molecule has 0 unspecified atom stereocenters. The first-order valence-electron chi connectivity index (χ1n) is 6.48. The van der Waals surface area contributed by atoms with Crippen molar-refractivity contribution < 1.29 is 0 Å². The van der Waals surface area contributed by atoms with Gasteiger partial charge < -0.3 is 16.0 Å². The van der Waals surface area contributed by atoms with E-state index in [0.717, 1.165) is 19.6 Å². The summed E-state index contributed by atoms with van der Waals surface area (Å²) in [6.07, 6.45) is 1.19. The minimum absolute atomic E-state index is 0.261. The summed E-state index contributed by atoms with van der Waals surface area (Å²) in [6.45, 7) is 15.9. The Morgan fingerprint density at radius 2 is 1.62 bits per heavy atom. The number of nitrogens with two attached hydrogens (primary N) is 1. The van der Waals surface area contributed by atoms with Crippen LogP contribution in [0, 0.1) is 10.8 Å². The second-order valence-electron chi connectivity index (χ2n) is 6.74. The first-order valence-corrected chi connectivity index (χ1v) is 6.48. The lowest BCUT2D eigenvalue weighted by Crippen LogP contribution is -2.47. The third kappa shape index (κ3) is 4.81. The Hall–Kier alpha value is -0.120. The lowest BCUT2D eigenvalue weighted by atomic mass is 9.75. The maximum absolute atomic E-state index is 5.82. The van der Waals surface area contributed by atoms with Gasteiger partial charge in [0.05, 0.1) is 0 Å². The van der Waals surface area contributed by atoms with Gasteiger partial charge in [-0.05, 0) is 23.8 Å². The highest BCUT2D eigenvalue weighted by molar-refractivity contribution is 4.83. The standard InChI is InChI=1S/C13H29N3/c1-12(2,10-14)9-13(3,4)11-16-7-5-15-6-8-16/h15H,5-11,14H2,1-4H3. The number of piperazine rings is 1. The maximum atomic E-state index is 5.82. The molecular formula is C13H29N3. The summed E-state index contributed by atoms with van der Waals surface area (Å²) in [7, 11) is 0. The van der Waals surface area contributed by atoms with Gasteiger partial charge >= 0.3 is 0 Å². The van der Waals surface area contributed by atoms with Crippen LogP contribution in [0.15, 0.2) is 0 Å². The van der Waals surface area contributed by atoms with Gasteiger partial charge in [0, 0.05) is 32.7 Å². The molecule has 0 aromatic heterocycles. The van der Waals surface area contributed by atoms with E-state index in [2.05, 4.69) is 37.9 Å². The highest BCUT2D eigenvalue weighted by Gasteiger charge is 2.29. The zero-order valence-corrected chi connectivity index (χ0v) is 11.5. The molecule has 1 heterocycles. The van der Waals surface area contributed by atoms with Crippen LogP contribution in [0.3, 0.4) is 0 Å². The molecule has 1 aliphatic heterocycles. The van der Waals surface area contributed by atoms with Crippen molar-refractivity contribution >= 4 is 0 Å². The van der Waals surface area contributed by atoms with Gasteiger partial charge in [-0.3, -0.25) is 0 Å². The van der Waals surface area contributed by atoms with Crippen LogP contribution in [0.2, 0.25) is 0 Å². The average Bonchev–Trinajstić information content (AvgIpc) is 2.17. The molecule has 0 bridgehead atoms. The monoisotopic (exact) mass is 227 g/mol. The van der Waals surface area contributed by atoms with Gasteiger partial charge in [0.25, 0.3) is 0 Å². The van der Waals surface area contributed by atoms with Gasteiger partial charge in [-0.25, -0.2) is 0 Å². The zero-order valence-electron chi connectivity index (χ0n) is 11.5. The third-order valence-electron chi connectivity index (χ3n) is 3.37. The molecule has 0 aromatic rings. The summed E-state index contributed by atoms with van der Waals surface area (Å²) in [5.41, 5.74) is 6.45. The SMILES string of the molecule is CC(C)(CN)CC(C)(C)CN1CCNCC1. The van der Waals surface area contributed by atoms with E-state index in [4.69, 9.17) is 5.73 Å². The molecule has 3 N–H and O–H groups in total. The molecule has 3 nitrogen and oxygen atoms in total. The number of hydrogen-bond acceptors (Lipinski definition) is 3. The van der Waals surface area contributed by atoms with Gasteiger partial charge in [0.15, 0.2) is 0 Å². The molecule has 0 aromatic carbocycles. The minimum atomic E-state index is 0.261. The molecule has 96 valence electrons. The van der Waals surface area contributed by atoms with Gasteiger partial charge in [0.1, 0.15) is 0 Å². The Balaban J connectivity index is 2.43. The van der Waals surface area contributed by atoms with Crippen LogP contribution < -0.4 is 11.1 Å². The number of rotatable bonds is 5. The Morgan fingerprint density at radius 1 is 1.06 bits per heavy atom. The second-order valence-corrected chi connectivity index (χ2v) is 6.74. The fourth-order valence-electron chi connectivity index (χ4n) is 2.90. The first-order chi connectivity index (χ1) is 7.35. The Bertz CT molecular complexity index is 205. The smallest absolute Gasteiger partial charge is 0.0108 e. The van der Waals surface area contributed by atoms with Gasteiger partial charge in [0.2, 0.25) is 0 Å². The van der Waals surface area contributed by atoms with Crippen molar-refractivity contribution in [2.75, 3.05) is 39.3 Å². The topological polar surface area (TPSA) is 41.3 Å². The average molecular weight is 227 g/mol. The van der Waals surface area contributed by atoms with E-state index in [1.54, 1.807) is 0 Å². The van der Waals surface area contributed by atoms with Crippen molar-refractivity contribution in [3.05, 3.63) is 0 Å². The van der Waals surface area contributed by atoms with E-state index in [1.807, 2.05) is 0 Å². The van der Waals surface area contributed by atoms with E-state index < -0.39 is 0 Å². The van der Waals surface area contributed by atoms with E-state index in [0.29, 0.717) is 5.41 Å². The van der Waals surface area contributed by atoms with Crippen LogP contribution in [0.5, 0.6) is 0 Å². The Labute approximate surface area is 101 Å². The molecule has 0 spiro atoms. The molecule has 0 saturated carbocycles. The van der Waals surface area contributed by atoms with Crippen LogP contribution in [-0.4, -0.2) is 44.2 Å². The van der Waals surface area contributed by atoms with Crippen LogP contribution in [0.25, 0.3) is 0 Å². The molecule has 16 heavy (non-hydrogen) atoms. The molecule has 1 saturated heterocycles. The van der Waals surface area contributed by atoms with Crippen molar-refractivity contribution in [3.8, 4) is 0 Å². The van der Waals surface area contributed by atoms with E-state index in [1.165, 1.54) is 26.1 Å². The Morgan fingerprint density at radius 3 is 2.12 bits per heavy atom. The zero-order chi connectivity index (χ0) is 12.2. The summed E-state index contributed by atoms with van der Waals surface area (Å²) in [5.74, 6) is 0. The maximum Gasteiger partial charge on any atom is 0.0108 e. The van der Waals surface area contributed by atoms with E-state index in [-0.39, 0.29) is 5.41 Å². The Kier molecular flexibility index (Phi) is 4.77. The van der Waals surface area contributed by atoms with E-state index >= 15 is 0 Å². The van der Waals surface area contributed by atoms with Gasteiger partial charge in [-0.15, -0.1) is 0 Å². The molecule has 1 rings (SSSR count). The predicted molar refractivity (Wildman–Crippen MR) is 70.5 cm³/mol. The molecule has 0 radical (unpaired) electrons. The molecule has 3 heteroatoms. The minimum Gasteiger partial charge on any atom is -0.330 e. The van der Waals surface area contributed by atoms with Crippen LogP contribution in [0.4, 0.5) is 0 Å². The summed E-state index contributed by atoms with van der Waals surface area (Å²) in [6, 6.07) is 0. The lowest BCUT2D eigenvalue weighted by Gasteiger charge is -2.39. The molecule has 0 aliphatic carbocycles. The van der Waals surface area contributed by atoms with Crippen molar-refractivity contribution in [1.29, 1.82) is 0 Å². The van der Waals surface area contributed by atoms with Gasteiger partial charge in [-0.1, -0.05) is 27.7 Å². The van der Waals surface area contributed by atoms with E-state index in [9.17, 15) is 0 Å². The van der Waals surface area contributed by atoms with Gasteiger partial charge in [-0.2, -0.15) is 0 Å².